The van der Waals surface area contributed by atoms with Gasteiger partial charge in [-0.25, -0.2) is 0 Å². The van der Waals surface area contributed by atoms with Gasteiger partial charge in [-0.15, -0.1) is 0 Å². The van der Waals surface area contributed by atoms with Gasteiger partial charge in [0.25, 0.3) is 5.91 Å². The van der Waals surface area contributed by atoms with Crippen LogP contribution in [0.2, 0.25) is 10.0 Å². The SMILES string of the molecule is Nc1cnccc1C(=O)Nc1cccc(Cl)c1Cl. The third-order valence-corrected chi connectivity index (χ3v) is 3.12. The van der Waals surface area contributed by atoms with Crippen LogP contribution >= 0.6 is 23.2 Å². The summed E-state index contributed by atoms with van der Waals surface area (Å²) in [6.07, 6.45) is 2.90. The van der Waals surface area contributed by atoms with Crippen LogP contribution in [0, 0.1) is 0 Å². The topological polar surface area (TPSA) is 68.0 Å². The zero-order valence-electron chi connectivity index (χ0n) is 9.15. The molecule has 0 aliphatic carbocycles. The molecule has 0 spiro atoms. The lowest BCUT2D eigenvalue weighted by Gasteiger charge is -2.09. The average Bonchev–Trinajstić information content (AvgIpc) is 2.35. The van der Waals surface area contributed by atoms with E-state index in [9.17, 15) is 4.79 Å². The van der Waals surface area contributed by atoms with Gasteiger partial charge in [-0.3, -0.25) is 9.78 Å². The molecule has 0 bridgehead atoms. The monoisotopic (exact) mass is 281 g/mol. The number of nitrogens with zero attached hydrogens (tertiary/aromatic N) is 1. The van der Waals surface area contributed by atoms with Crippen LogP contribution in [0.25, 0.3) is 0 Å². The Kier molecular flexibility index (Phi) is 3.69. The van der Waals surface area contributed by atoms with Crippen molar-refractivity contribution in [2.45, 2.75) is 0 Å². The quantitative estimate of drug-likeness (QED) is 0.888. The highest BCUT2D eigenvalue weighted by atomic mass is 35.5. The number of nitrogens with two attached hydrogens (primary N) is 1. The van der Waals surface area contributed by atoms with E-state index in [1.165, 1.54) is 18.5 Å². The molecule has 1 aromatic heterocycles. The van der Waals surface area contributed by atoms with Gasteiger partial charge in [-0.1, -0.05) is 29.3 Å². The second-order valence-corrected chi connectivity index (χ2v) is 4.30. The number of rotatable bonds is 2. The summed E-state index contributed by atoms with van der Waals surface area (Å²) in [5.41, 5.74) is 6.73. The summed E-state index contributed by atoms with van der Waals surface area (Å²) in [4.78, 5) is 15.8. The minimum Gasteiger partial charge on any atom is -0.397 e. The Morgan fingerprint density at radius 1 is 1.28 bits per heavy atom. The van der Waals surface area contributed by atoms with Gasteiger partial charge in [-0.05, 0) is 18.2 Å². The molecule has 0 aliphatic rings. The van der Waals surface area contributed by atoms with E-state index in [0.29, 0.717) is 27.0 Å². The van der Waals surface area contributed by atoms with Crippen LogP contribution in [0.4, 0.5) is 11.4 Å². The molecular weight excluding hydrogens is 273 g/mol. The van der Waals surface area contributed by atoms with E-state index in [2.05, 4.69) is 10.3 Å². The summed E-state index contributed by atoms with van der Waals surface area (Å²) in [6, 6.07) is 6.52. The van der Waals surface area contributed by atoms with Gasteiger partial charge in [0.15, 0.2) is 0 Å². The molecule has 6 heteroatoms. The van der Waals surface area contributed by atoms with E-state index < -0.39 is 0 Å². The number of carbonyl (C=O) groups is 1. The molecule has 18 heavy (non-hydrogen) atoms. The number of benzene rings is 1. The molecule has 4 nitrogen and oxygen atoms in total. The number of halogens is 2. The molecule has 0 unspecified atom stereocenters. The molecule has 1 aromatic carbocycles. The Hall–Kier alpha value is -1.78. The molecule has 0 saturated carbocycles. The lowest BCUT2D eigenvalue weighted by molar-refractivity contribution is 0.102. The summed E-state index contributed by atoms with van der Waals surface area (Å²) >= 11 is 11.8. The van der Waals surface area contributed by atoms with Crippen LogP contribution in [0.1, 0.15) is 10.4 Å². The second kappa shape index (κ2) is 5.25. The van der Waals surface area contributed by atoms with Gasteiger partial charge in [0.05, 0.1) is 33.2 Å². The first kappa shape index (κ1) is 12.7. The van der Waals surface area contributed by atoms with Gasteiger partial charge in [0.2, 0.25) is 0 Å². The molecule has 1 heterocycles. The molecular formula is C12H9Cl2N3O. The number of pyridine rings is 1. The number of hydrogen-bond acceptors (Lipinski definition) is 3. The molecule has 92 valence electrons. The van der Waals surface area contributed by atoms with E-state index >= 15 is 0 Å². The van der Waals surface area contributed by atoms with Crippen molar-refractivity contribution in [3.8, 4) is 0 Å². The summed E-state index contributed by atoms with van der Waals surface area (Å²) in [7, 11) is 0. The number of nitrogens with one attached hydrogen (secondary N) is 1. The Labute approximate surface area is 114 Å². The zero-order chi connectivity index (χ0) is 13.1. The number of amides is 1. The number of anilines is 2. The van der Waals surface area contributed by atoms with Crippen molar-refractivity contribution in [2.75, 3.05) is 11.1 Å². The van der Waals surface area contributed by atoms with Crippen LogP contribution in [0.5, 0.6) is 0 Å². The fourth-order valence-electron chi connectivity index (χ4n) is 1.40. The lowest BCUT2D eigenvalue weighted by Crippen LogP contribution is -2.14. The Balaban J connectivity index is 2.27. The van der Waals surface area contributed by atoms with E-state index in [-0.39, 0.29) is 5.91 Å². The first-order chi connectivity index (χ1) is 8.59. The van der Waals surface area contributed by atoms with Crippen molar-refractivity contribution in [1.82, 2.24) is 4.98 Å². The number of carbonyl (C=O) groups excluding carboxylic acids is 1. The number of nitrogen functional groups attached to an aromatic ring is 1. The smallest absolute Gasteiger partial charge is 0.257 e. The Morgan fingerprint density at radius 2 is 2.06 bits per heavy atom. The maximum Gasteiger partial charge on any atom is 0.257 e. The predicted molar refractivity (Wildman–Crippen MR) is 73.1 cm³/mol. The third-order valence-electron chi connectivity index (χ3n) is 2.30. The first-order valence-electron chi connectivity index (χ1n) is 5.04. The fourth-order valence-corrected chi connectivity index (χ4v) is 1.75. The minimum absolute atomic E-state index is 0.292. The van der Waals surface area contributed by atoms with Crippen molar-refractivity contribution in [2.24, 2.45) is 0 Å². The zero-order valence-corrected chi connectivity index (χ0v) is 10.7. The molecule has 0 aliphatic heterocycles. The number of hydrogen-bond donors (Lipinski definition) is 2. The molecule has 2 aromatic rings. The highest BCUT2D eigenvalue weighted by molar-refractivity contribution is 6.44. The molecule has 0 saturated heterocycles. The van der Waals surface area contributed by atoms with Gasteiger partial charge in [0.1, 0.15) is 0 Å². The summed E-state index contributed by atoms with van der Waals surface area (Å²) in [5.74, 6) is -0.362. The summed E-state index contributed by atoms with van der Waals surface area (Å²) < 4.78 is 0. The van der Waals surface area contributed by atoms with E-state index in [4.69, 9.17) is 28.9 Å². The van der Waals surface area contributed by atoms with Gasteiger partial charge < -0.3 is 11.1 Å². The Bertz CT molecular complexity index is 602. The molecule has 0 atom stereocenters. The average molecular weight is 282 g/mol. The highest BCUT2D eigenvalue weighted by Crippen LogP contribution is 2.30. The van der Waals surface area contributed by atoms with Crippen LogP contribution in [-0.4, -0.2) is 10.9 Å². The number of aromatic nitrogens is 1. The molecule has 0 radical (unpaired) electrons. The predicted octanol–water partition coefficient (Wildman–Crippen LogP) is 3.22. The maximum absolute atomic E-state index is 12.0. The van der Waals surface area contributed by atoms with Gasteiger partial charge in [-0.2, -0.15) is 0 Å². The van der Waals surface area contributed by atoms with Gasteiger partial charge in [0, 0.05) is 6.20 Å². The van der Waals surface area contributed by atoms with Crippen LogP contribution < -0.4 is 11.1 Å². The van der Waals surface area contributed by atoms with Crippen LogP contribution in [0.3, 0.4) is 0 Å². The van der Waals surface area contributed by atoms with Crippen molar-refractivity contribution < 1.29 is 4.79 Å². The van der Waals surface area contributed by atoms with E-state index in [1.54, 1.807) is 18.2 Å². The van der Waals surface area contributed by atoms with Crippen molar-refractivity contribution in [1.29, 1.82) is 0 Å². The first-order valence-corrected chi connectivity index (χ1v) is 5.80. The normalized spacial score (nSPS) is 10.1. The van der Waals surface area contributed by atoms with Crippen molar-refractivity contribution in [3.63, 3.8) is 0 Å². The minimum atomic E-state index is -0.362. The standard InChI is InChI=1S/C12H9Cl2N3O/c13-8-2-1-3-10(11(8)14)17-12(18)7-4-5-16-6-9(7)15/h1-6H,15H2,(H,17,18). The van der Waals surface area contributed by atoms with Crippen molar-refractivity contribution in [3.05, 3.63) is 52.3 Å². The van der Waals surface area contributed by atoms with Crippen LogP contribution in [-0.2, 0) is 0 Å². The van der Waals surface area contributed by atoms with Crippen molar-refractivity contribution >= 4 is 40.5 Å². The molecule has 1 amide bonds. The highest BCUT2D eigenvalue weighted by Gasteiger charge is 2.12. The summed E-state index contributed by atoms with van der Waals surface area (Å²) in [5, 5.41) is 3.31. The van der Waals surface area contributed by atoms with E-state index in [1.807, 2.05) is 0 Å². The second-order valence-electron chi connectivity index (χ2n) is 3.52. The largest absolute Gasteiger partial charge is 0.397 e. The lowest BCUT2D eigenvalue weighted by atomic mass is 10.2. The molecule has 2 rings (SSSR count). The third kappa shape index (κ3) is 2.55. The summed E-state index contributed by atoms with van der Waals surface area (Å²) in [6.45, 7) is 0. The van der Waals surface area contributed by atoms with Gasteiger partial charge >= 0.3 is 0 Å². The van der Waals surface area contributed by atoms with E-state index in [0.717, 1.165) is 0 Å². The Morgan fingerprint density at radius 3 is 2.78 bits per heavy atom. The van der Waals surface area contributed by atoms with Crippen LogP contribution in [0.15, 0.2) is 36.7 Å². The molecule has 3 N–H and O–H groups in total. The fraction of sp³-hybridized carbons (Fsp3) is 0. The maximum atomic E-state index is 12.0. The molecule has 0 fully saturated rings.